The number of rotatable bonds is 5. The molecule has 23 heavy (non-hydrogen) atoms. The van der Waals surface area contributed by atoms with Crippen LogP contribution < -0.4 is 10.4 Å². The molecule has 2 nitrogen and oxygen atoms in total. The molecule has 0 fully saturated rings. The monoisotopic (exact) mass is 324 g/mol. The first-order valence-corrected chi connectivity index (χ1v) is 9.72. The van der Waals surface area contributed by atoms with Crippen molar-refractivity contribution in [3.05, 3.63) is 60.7 Å². The molecule has 2 rings (SSSR count). The third-order valence-corrected chi connectivity index (χ3v) is 9.07. The molecular formula is C20H24O2Si. The van der Waals surface area contributed by atoms with Gasteiger partial charge in [0.05, 0.1) is 6.61 Å². The van der Waals surface area contributed by atoms with Crippen LogP contribution >= 0.6 is 0 Å². The van der Waals surface area contributed by atoms with Crippen LogP contribution in [-0.2, 0) is 4.43 Å². The predicted octanol–water partition coefficient (Wildman–Crippen LogP) is 2.56. The summed E-state index contributed by atoms with van der Waals surface area (Å²) in [6, 6.07) is 20.6. The zero-order valence-corrected chi connectivity index (χ0v) is 15.0. The molecule has 0 amide bonds. The molecule has 120 valence electrons. The van der Waals surface area contributed by atoms with E-state index in [1.165, 1.54) is 10.4 Å². The summed E-state index contributed by atoms with van der Waals surface area (Å²) in [6.07, 6.45) is 4.43. The molecule has 2 aromatic rings. The summed E-state index contributed by atoms with van der Waals surface area (Å²) in [6.45, 7) is 6.73. The minimum Gasteiger partial charge on any atom is -0.404 e. The second kappa shape index (κ2) is 7.14. The van der Waals surface area contributed by atoms with E-state index in [1.54, 1.807) is 0 Å². The summed E-state index contributed by atoms with van der Waals surface area (Å²) in [5.41, 5.74) is 0. The highest BCUT2D eigenvalue weighted by atomic mass is 28.4. The third-order valence-electron chi connectivity index (χ3n) is 4.07. The average Bonchev–Trinajstić information content (AvgIpc) is 2.56. The van der Waals surface area contributed by atoms with E-state index in [0.29, 0.717) is 0 Å². The summed E-state index contributed by atoms with van der Waals surface area (Å²) in [7, 11) is -2.58. The van der Waals surface area contributed by atoms with Crippen molar-refractivity contribution in [1.82, 2.24) is 0 Å². The van der Waals surface area contributed by atoms with E-state index in [1.807, 2.05) is 36.4 Å². The molecule has 0 bridgehead atoms. The summed E-state index contributed by atoms with van der Waals surface area (Å²) >= 11 is 0. The lowest BCUT2D eigenvalue weighted by molar-refractivity contribution is 0.145. The van der Waals surface area contributed by atoms with E-state index in [9.17, 15) is 5.11 Å². The van der Waals surface area contributed by atoms with Crippen LogP contribution in [0, 0.1) is 12.3 Å². The van der Waals surface area contributed by atoms with Crippen molar-refractivity contribution < 1.29 is 9.53 Å². The molecule has 0 radical (unpaired) electrons. The maximum atomic E-state index is 9.84. The number of aliphatic hydroxyl groups excluding tert-OH is 1. The largest absolute Gasteiger partial charge is 0.404 e. The average molecular weight is 324 g/mol. The molecule has 0 heterocycles. The Morgan fingerprint density at radius 1 is 1.00 bits per heavy atom. The van der Waals surface area contributed by atoms with Crippen molar-refractivity contribution in [3.8, 4) is 12.3 Å². The number of aliphatic hydroxyl groups is 1. The fourth-order valence-corrected chi connectivity index (χ4v) is 7.58. The van der Waals surface area contributed by atoms with Crippen molar-refractivity contribution >= 4 is 18.7 Å². The SMILES string of the molecule is C#C[C@@H](O)CO[Si](c1ccccc1)(c1ccccc1)C(C)(C)C. The second-order valence-electron chi connectivity index (χ2n) is 6.66. The van der Waals surface area contributed by atoms with Gasteiger partial charge in [0.15, 0.2) is 0 Å². The van der Waals surface area contributed by atoms with Crippen LogP contribution in [0.1, 0.15) is 20.8 Å². The van der Waals surface area contributed by atoms with Gasteiger partial charge in [0.1, 0.15) is 6.10 Å². The maximum Gasteiger partial charge on any atom is 0.261 e. The quantitative estimate of drug-likeness (QED) is 0.676. The van der Waals surface area contributed by atoms with E-state index in [-0.39, 0.29) is 11.6 Å². The van der Waals surface area contributed by atoms with Crippen LogP contribution in [0.5, 0.6) is 0 Å². The summed E-state index contributed by atoms with van der Waals surface area (Å²) in [5.74, 6) is 2.34. The Bertz CT molecular complexity index is 614. The number of hydrogen-bond acceptors (Lipinski definition) is 2. The van der Waals surface area contributed by atoms with E-state index in [0.717, 1.165) is 0 Å². The van der Waals surface area contributed by atoms with E-state index in [2.05, 4.69) is 51.0 Å². The summed E-state index contributed by atoms with van der Waals surface area (Å²) in [5, 5.41) is 12.1. The molecule has 0 aliphatic rings. The lowest BCUT2D eigenvalue weighted by Gasteiger charge is -2.43. The Hall–Kier alpha value is -1.86. The van der Waals surface area contributed by atoms with Crippen molar-refractivity contribution in [1.29, 1.82) is 0 Å². The molecule has 0 aliphatic carbocycles. The van der Waals surface area contributed by atoms with Gasteiger partial charge in [0, 0.05) is 0 Å². The Labute approximate surface area is 140 Å². The molecule has 1 atom stereocenters. The van der Waals surface area contributed by atoms with E-state index in [4.69, 9.17) is 10.8 Å². The van der Waals surface area contributed by atoms with E-state index < -0.39 is 14.4 Å². The van der Waals surface area contributed by atoms with Gasteiger partial charge in [-0.2, -0.15) is 0 Å². The Kier molecular flexibility index (Phi) is 5.43. The Balaban J connectivity index is 2.62. The van der Waals surface area contributed by atoms with Crippen molar-refractivity contribution in [3.63, 3.8) is 0 Å². The highest BCUT2D eigenvalue weighted by molar-refractivity contribution is 6.99. The highest BCUT2D eigenvalue weighted by Crippen LogP contribution is 2.36. The number of benzene rings is 2. The number of terminal acetylenes is 1. The molecule has 1 N–H and O–H groups in total. The zero-order chi connectivity index (χ0) is 16.9. The molecule has 3 heteroatoms. The molecule has 0 saturated carbocycles. The molecule has 0 saturated heterocycles. The molecule has 0 spiro atoms. The molecule has 0 aliphatic heterocycles. The summed E-state index contributed by atoms with van der Waals surface area (Å²) < 4.78 is 6.47. The lowest BCUT2D eigenvalue weighted by Crippen LogP contribution is -2.67. The second-order valence-corrected chi connectivity index (χ2v) is 11.0. The Morgan fingerprint density at radius 3 is 1.78 bits per heavy atom. The minimum absolute atomic E-state index is 0.107. The Morgan fingerprint density at radius 2 is 1.43 bits per heavy atom. The first kappa shape index (κ1) is 17.5. The van der Waals surface area contributed by atoms with Crippen LogP contribution in [-0.4, -0.2) is 26.1 Å². The van der Waals surface area contributed by atoms with Gasteiger partial charge in [-0.1, -0.05) is 87.4 Å². The van der Waals surface area contributed by atoms with Crippen LogP contribution in [0.15, 0.2) is 60.7 Å². The van der Waals surface area contributed by atoms with Gasteiger partial charge in [-0.3, -0.25) is 0 Å². The van der Waals surface area contributed by atoms with Crippen LogP contribution in [0.25, 0.3) is 0 Å². The van der Waals surface area contributed by atoms with E-state index >= 15 is 0 Å². The van der Waals surface area contributed by atoms with Gasteiger partial charge < -0.3 is 9.53 Å². The van der Waals surface area contributed by atoms with Crippen molar-refractivity contribution in [2.75, 3.05) is 6.61 Å². The van der Waals surface area contributed by atoms with Crippen LogP contribution in [0.3, 0.4) is 0 Å². The van der Waals surface area contributed by atoms with Crippen LogP contribution in [0.4, 0.5) is 0 Å². The van der Waals surface area contributed by atoms with Gasteiger partial charge in [-0.15, -0.1) is 6.42 Å². The van der Waals surface area contributed by atoms with Gasteiger partial charge in [0.25, 0.3) is 8.32 Å². The first-order chi connectivity index (χ1) is 10.9. The fourth-order valence-electron chi connectivity index (χ4n) is 3.01. The van der Waals surface area contributed by atoms with Gasteiger partial charge in [-0.05, 0) is 15.4 Å². The van der Waals surface area contributed by atoms with Gasteiger partial charge >= 0.3 is 0 Å². The fraction of sp³-hybridized carbons (Fsp3) is 0.300. The maximum absolute atomic E-state index is 9.84. The third kappa shape index (κ3) is 3.56. The summed E-state index contributed by atoms with van der Waals surface area (Å²) in [4.78, 5) is 0. The zero-order valence-electron chi connectivity index (χ0n) is 14.0. The highest BCUT2D eigenvalue weighted by Gasteiger charge is 2.50. The lowest BCUT2D eigenvalue weighted by atomic mass is 10.2. The minimum atomic E-state index is -2.58. The first-order valence-electron chi connectivity index (χ1n) is 7.81. The van der Waals surface area contributed by atoms with Crippen molar-refractivity contribution in [2.45, 2.75) is 31.9 Å². The molecule has 0 unspecified atom stereocenters. The molecule has 0 aromatic heterocycles. The topological polar surface area (TPSA) is 29.5 Å². The normalized spacial score (nSPS) is 13.3. The predicted molar refractivity (Wildman–Crippen MR) is 98.4 cm³/mol. The van der Waals surface area contributed by atoms with Gasteiger partial charge in [-0.25, -0.2) is 0 Å². The number of hydrogen-bond donors (Lipinski definition) is 1. The standard InChI is InChI=1S/C20H24O2Si/c1-5-17(21)16-22-23(20(2,3)4,18-12-8-6-9-13-18)19-14-10-7-11-15-19/h1,6-15,17,21H,16H2,2-4H3/t17-/m1/s1. The van der Waals surface area contributed by atoms with Gasteiger partial charge in [0.2, 0.25) is 0 Å². The smallest absolute Gasteiger partial charge is 0.261 e. The van der Waals surface area contributed by atoms with Crippen LogP contribution in [0.2, 0.25) is 5.04 Å². The molecular weight excluding hydrogens is 300 g/mol. The van der Waals surface area contributed by atoms with Crippen molar-refractivity contribution in [2.24, 2.45) is 0 Å². The molecule has 2 aromatic carbocycles.